The van der Waals surface area contributed by atoms with Gasteiger partial charge in [0.25, 0.3) is 0 Å². The lowest BCUT2D eigenvalue weighted by molar-refractivity contribution is -0.161. The van der Waals surface area contributed by atoms with Crippen LogP contribution in [0.5, 0.6) is 0 Å². The molecule has 0 radical (unpaired) electrons. The molecule has 0 spiro atoms. The fraction of sp³-hybridized carbons (Fsp3) is 0.940. The molecule has 7 atom stereocenters. The van der Waals surface area contributed by atoms with Gasteiger partial charge in [-0.1, -0.05) is 280 Å². The van der Waals surface area contributed by atoms with Crippen LogP contribution in [-0.2, 0) is 65.4 Å². The van der Waals surface area contributed by atoms with Crippen molar-refractivity contribution in [3.05, 3.63) is 0 Å². The van der Waals surface area contributed by atoms with Crippen molar-refractivity contribution in [1.29, 1.82) is 0 Å². The van der Waals surface area contributed by atoms with Crippen molar-refractivity contribution >= 4 is 39.5 Å². The zero-order valence-electron chi connectivity index (χ0n) is 55.8. The van der Waals surface area contributed by atoms with Crippen LogP contribution in [0.15, 0.2) is 0 Å². The summed E-state index contributed by atoms with van der Waals surface area (Å²) in [4.78, 5) is 72.4. The van der Waals surface area contributed by atoms with E-state index in [4.69, 9.17) is 37.0 Å². The van der Waals surface area contributed by atoms with Crippen LogP contribution in [0.3, 0.4) is 0 Å². The van der Waals surface area contributed by atoms with Gasteiger partial charge >= 0.3 is 39.5 Å². The number of esters is 4. The van der Waals surface area contributed by atoms with E-state index in [-0.39, 0.29) is 25.7 Å². The van der Waals surface area contributed by atoms with E-state index in [1.54, 1.807) is 0 Å². The monoisotopic (exact) mass is 1270 g/mol. The number of ether oxygens (including phenoxy) is 4. The molecule has 0 aromatic heterocycles. The third-order valence-corrected chi connectivity index (χ3v) is 18.0. The first kappa shape index (κ1) is 84.1. The van der Waals surface area contributed by atoms with Crippen molar-refractivity contribution in [1.82, 2.24) is 0 Å². The molecule has 19 heteroatoms. The molecule has 0 saturated heterocycles. The molecule has 0 aromatic rings. The van der Waals surface area contributed by atoms with Crippen LogP contribution in [0.1, 0.15) is 331 Å². The average Bonchev–Trinajstić information content (AvgIpc) is 3.70. The van der Waals surface area contributed by atoms with Gasteiger partial charge in [0.2, 0.25) is 0 Å². The maximum Gasteiger partial charge on any atom is 0.472 e. The van der Waals surface area contributed by atoms with E-state index in [0.717, 1.165) is 108 Å². The highest BCUT2D eigenvalue weighted by atomic mass is 31.2. The Balaban J connectivity index is 5.26. The van der Waals surface area contributed by atoms with Crippen molar-refractivity contribution in [2.45, 2.75) is 349 Å². The maximum absolute atomic E-state index is 13.0. The second kappa shape index (κ2) is 58.2. The number of unbranched alkanes of at least 4 members (excludes halogenated alkanes) is 31. The number of aliphatic hydroxyl groups is 1. The average molecular weight is 1270 g/mol. The summed E-state index contributed by atoms with van der Waals surface area (Å²) in [6, 6.07) is 0. The smallest absolute Gasteiger partial charge is 0.462 e. The molecule has 86 heavy (non-hydrogen) atoms. The van der Waals surface area contributed by atoms with Crippen molar-refractivity contribution in [3.8, 4) is 0 Å². The van der Waals surface area contributed by atoms with Gasteiger partial charge in [-0.05, 0) is 43.4 Å². The van der Waals surface area contributed by atoms with Crippen molar-refractivity contribution in [2.75, 3.05) is 39.6 Å². The lowest BCUT2D eigenvalue weighted by Crippen LogP contribution is -2.30. The molecule has 17 nitrogen and oxygen atoms in total. The Morgan fingerprint density at radius 2 is 0.593 bits per heavy atom. The highest BCUT2D eigenvalue weighted by molar-refractivity contribution is 7.47. The van der Waals surface area contributed by atoms with E-state index >= 15 is 0 Å². The third-order valence-electron chi connectivity index (χ3n) is 16.1. The first-order chi connectivity index (χ1) is 41.3. The molecule has 0 amide bonds. The Morgan fingerprint density at radius 1 is 0.337 bits per heavy atom. The van der Waals surface area contributed by atoms with Crippen molar-refractivity contribution in [3.63, 3.8) is 0 Å². The predicted molar refractivity (Wildman–Crippen MR) is 344 cm³/mol. The van der Waals surface area contributed by atoms with E-state index < -0.39 is 97.5 Å². The second-order valence-electron chi connectivity index (χ2n) is 25.2. The summed E-state index contributed by atoms with van der Waals surface area (Å²) in [6.07, 6.45) is 40.2. The van der Waals surface area contributed by atoms with Crippen LogP contribution in [0.2, 0.25) is 0 Å². The number of aliphatic hydroxyl groups excluding tert-OH is 1. The first-order valence-electron chi connectivity index (χ1n) is 34.9. The van der Waals surface area contributed by atoms with Crippen LogP contribution < -0.4 is 0 Å². The van der Waals surface area contributed by atoms with Crippen LogP contribution in [-0.4, -0.2) is 96.7 Å². The Morgan fingerprint density at radius 3 is 0.884 bits per heavy atom. The number of rotatable bonds is 65. The zero-order chi connectivity index (χ0) is 63.8. The standard InChI is InChI=1S/C67H130O17P2/c1-8-11-12-13-14-15-20-26-34-41-48-64(69)77-55-63(84-67(72)51-44-37-30-29-33-40-47-60(7)10-3)57-82-86(75,76)80-53-61(68)52-79-85(73,74)81-56-62(54-78-65(70)49-42-35-27-23-22-25-32-39-46-59(6)9-2)83-66(71)50-43-36-28-21-18-16-17-19-24-31-38-45-58(4)5/h58-63,68H,8-57H2,1-7H3,(H,73,74)(H,75,76)/t59?,60?,61-,62-,63-/m1/s1. The molecular formula is C67H130O17P2. The highest BCUT2D eigenvalue weighted by Crippen LogP contribution is 2.45. The summed E-state index contributed by atoms with van der Waals surface area (Å²) in [5.74, 6) is 0.130. The van der Waals surface area contributed by atoms with Gasteiger partial charge in [0.05, 0.1) is 26.4 Å². The molecule has 0 saturated carbocycles. The highest BCUT2D eigenvalue weighted by Gasteiger charge is 2.30. The fourth-order valence-electron chi connectivity index (χ4n) is 9.95. The minimum Gasteiger partial charge on any atom is -0.462 e. The van der Waals surface area contributed by atoms with Gasteiger partial charge < -0.3 is 33.8 Å². The number of hydrogen-bond acceptors (Lipinski definition) is 15. The van der Waals surface area contributed by atoms with Gasteiger partial charge in [-0.25, -0.2) is 9.13 Å². The van der Waals surface area contributed by atoms with E-state index in [9.17, 15) is 43.2 Å². The van der Waals surface area contributed by atoms with Crippen LogP contribution in [0, 0.1) is 17.8 Å². The minimum atomic E-state index is -4.95. The molecule has 0 bridgehead atoms. The molecule has 510 valence electrons. The summed E-state index contributed by atoms with van der Waals surface area (Å²) in [5, 5.41) is 10.6. The van der Waals surface area contributed by atoms with Gasteiger partial charge in [0.15, 0.2) is 12.2 Å². The lowest BCUT2D eigenvalue weighted by atomic mass is 9.99. The summed E-state index contributed by atoms with van der Waals surface area (Å²) in [5.41, 5.74) is 0. The zero-order valence-corrected chi connectivity index (χ0v) is 57.6. The molecule has 0 heterocycles. The Labute approximate surface area is 524 Å². The Hall–Kier alpha value is -1.94. The van der Waals surface area contributed by atoms with Crippen LogP contribution in [0.4, 0.5) is 0 Å². The SMILES string of the molecule is CCCCCCCCCCCCC(=O)OC[C@H](COP(=O)(O)OC[C@H](O)COP(=O)(O)OC[C@@H](COC(=O)CCCCCCCCCCC(C)CC)OC(=O)CCCCCCCCCCCCCC(C)C)OC(=O)CCCCCCCCC(C)CC. The van der Waals surface area contributed by atoms with Gasteiger partial charge in [-0.15, -0.1) is 0 Å². The first-order valence-corrected chi connectivity index (χ1v) is 37.9. The molecule has 3 N–H and O–H groups in total. The molecule has 0 fully saturated rings. The number of carbonyl (C=O) groups is 4. The van der Waals surface area contributed by atoms with Gasteiger partial charge in [-0.2, -0.15) is 0 Å². The summed E-state index contributed by atoms with van der Waals surface area (Å²) in [6.45, 7) is 11.8. The topological polar surface area (TPSA) is 237 Å². The molecule has 0 aliphatic rings. The number of phosphoric acid groups is 2. The van der Waals surface area contributed by atoms with Crippen LogP contribution in [0.25, 0.3) is 0 Å². The minimum absolute atomic E-state index is 0.103. The largest absolute Gasteiger partial charge is 0.472 e. The number of phosphoric ester groups is 2. The van der Waals surface area contributed by atoms with E-state index in [2.05, 4.69) is 48.5 Å². The summed E-state index contributed by atoms with van der Waals surface area (Å²) in [7, 11) is -9.89. The fourth-order valence-corrected chi connectivity index (χ4v) is 11.5. The van der Waals surface area contributed by atoms with Crippen LogP contribution >= 0.6 is 15.6 Å². The Bertz CT molecular complexity index is 1700. The Kier molecular flexibility index (Phi) is 56.9. The second-order valence-corrected chi connectivity index (χ2v) is 28.1. The quantitative estimate of drug-likeness (QED) is 0.0222. The summed E-state index contributed by atoms with van der Waals surface area (Å²) < 4.78 is 68.1. The molecule has 0 aliphatic carbocycles. The third kappa shape index (κ3) is 58.4. The predicted octanol–water partition coefficient (Wildman–Crippen LogP) is 18.7. The van der Waals surface area contributed by atoms with E-state index in [1.807, 2.05) is 0 Å². The molecule has 0 aliphatic heterocycles. The summed E-state index contributed by atoms with van der Waals surface area (Å²) >= 11 is 0. The van der Waals surface area contributed by atoms with Crippen molar-refractivity contribution in [2.24, 2.45) is 17.8 Å². The van der Waals surface area contributed by atoms with Gasteiger partial charge in [0, 0.05) is 25.7 Å². The normalized spacial score (nSPS) is 14.9. The number of carbonyl (C=O) groups excluding carboxylic acids is 4. The lowest BCUT2D eigenvalue weighted by Gasteiger charge is -2.21. The molecular weight excluding hydrogens is 1140 g/mol. The van der Waals surface area contributed by atoms with E-state index in [0.29, 0.717) is 25.7 Å². The molecule has 4 unspecified atom stereocenters. The van der Waals surface area contributed by atoms with Gasteiger partial charge in [-0.3, -0.25) is 37.3 Å². The number of hydrogen-bond donors (Lipinski definition) is 3. The molecule has 0 aromatic carbocycles. The maximum atomic E-state index is 13.0. The molecule has 0 rings (SSSR count). The van der Waals surface area contributed by atoms with E-state index in [1.165, 1.54) is 141 Å². The van der Waals surface area contributed by atoms with Crippen molar-refractivity contribution < 1.29 is 80.2 Å². The van der Waals surface area contributed by atoms with Gasteiger partial charge in [0.1, 0.15) is 19.3 Å².